The lowest BCUT2D eigenvalue weighted by Crippen LogP contribution is -2.07. The number of Topliss-reactive ketones (excluding diaryl/α,β-unsaturated/α-hetero) is 1. The van der Waals surface area contributed by atoms with Crippen molar-refractivity contribution in [3.05, 3.63) is 10.9 Å². The van der Waals surface area contributed by atoms with Crippen LogP contribution >= 0.6 is 11.3 Å². The Balaban J connectivity index is 2.49. The van der Waals surface area contributed by atoms with E-state index in [1.807, 2.05) is 26.8 Å². The van der Waals surface area contributed by atoms with Crippen LogP contribution in [0.2, 0.25) is 0 Å². The molecule has 0 saturated carbocycles. The maximum absolute atomic E-state index is 11.9. The second-order valence-corrected chi connectivity index (χ2v) is 5.44. The Bertz CT molecular complexity index is 388. The first-order chi connectivity index (χ1) is 8.56. The predicted octanol–water partition coefficient (Wildman–Crippen LogP) is 3.01. The van der Waals surface area contributed by atoms with Gasteiger partial charge in [-0.3, -0.25) is 4.79 Å². The molecule has 0 fully saturated rings. The minimum atomic E-state index is -0.0169. The fourth-order valence-electron chi connectivity index (χ4n) is 1.48. The molecule has 0 radical (unpaired) electrons. The highest BCUT2D eigenvalue weighted by molar-refractivity contribution is 7.18. The molecule has 0 unspecified atom stereocenters. The quantitative estimate of drug-likeness (QED) is 0.563. The molecule has 0 atom stereocenters. The van der Waals surface area contributed by atoms with Gasteiger partial charge in [0.1, 0.15) is 0 Å². The summed E-state index contributed by atoms with van der Waals surface area (Å²) in [6.45, 7) is 8.08. The highest BCUT2D eigenvalue weighted by Gasteiger charge is 2.17. The number of nitrogen functional groups attached to an aromatic ring is 1. The van der Waals surface area contributed by atoms with Crippen LogP contribution in [0.15, 0.2) is 6.07 Å². The molecule has 1 heterocycles. The molecule has 0 saturated heterocycles. The zero-order valence-electron chi connectivity index (χ0n) is 11.3. The van der Waals surface area contributed by atoms with Crippen LogP contribution in [0.1, 0.15) is 36.9 Å². The molecular formula is C13H22N2O2S. The van der Waals surface area contributed by atoms with E-state index in [1.165, 1.54) is 11.3 Å². The lowest BCUT2D eigenvalue weighted by Gasteiger charge is -2.03. The molecule has 0 aliphatic heterocycles. The van der Waals surface area contributed by atoms with E-state index < -0.39 is 0 Å². The van der Waals surface area contributed by atoms with Crippen LogP contribution in [0.5, 0.6) is 0 Å². The van der Waals surface area contributed by atoms with Crippen LogP contribution in [0.3, 0.4) is 0 Å². The van der Waals surface area contributed by atoms with Crippen molar-refractivity contribution in [2.24, 2.45) is 5.92 Å². The highest BCUT2D eigenvalue weighted by atomic mass is 32.1. The molecule has 1 aromatic rings. The first-order valence-electron chi connectivity index (χ1n) is 6.31. The lowest BCUT2D eigenvalue weighted by molar-refractivity contribution is 0.0944. The number of ether oxygens (including phenoxy) is 1. The molecule has 102 valence electrons. The van der Waals surface area contributed by atoms with Crippen LogP contribution in [0, 0.1) is 5.92 Å². The molecule has 3 N–H and O–H groups in total. The third-order valence-corrected chi connectivity index (χ3v) is 3.60. The van der Waals surface area contributed by atoms with Crippen molar-refractivity contribution < 1.29 is 9.53 Å². The van der Waals surface area contributed by atoms with Gasteiger partial charge >= 0.3 is 0 Å². The Morgan fingerprint density at radius 2 is 2.28 bits per heavy atom. The second kappa shape index (κ2) is 7.38. The summed E-state index contributed by atoms with van der Waals surface area (Å²) in [5.41, 5.74) is 6.43. The number of nitrogens with one attached hydrogen (secondary N) is 1. The van der Waals surface area contributed by atoms with Gasteiger partial charge in [-0.2, -0.15) is 0 Å². The van der Waals surface area contributed by atoms with Crippen molar-refractivity contribution in [3.8, 4) is 0 Å². The van der Waals surface area contributed by atoms with Crippen LogP contribution in [-0.4, -0.2) is 25.5 Å². The van der Waals surface area contributed by atoms with Gasteiger partial charge in [0.15, 0.2) is 5.78 Å². The van der Waals surface area contributed by atoms with Gasteiger partial charge in [0.05, 0.1) is 15.6 Å². The standard InChI is InChI=1S/C13H22N2O2S/c1-4-17-7-5-6-15-11-8-10(14)13(18-11)12(16)9(2)3/h8-9,15H,4-7,14H2,1-3H3. The maximum Gasteiger partial charge on any atom is 0.177 e. The van der Waals surface area contributed by atoms with E-state index in [9.17, 15) is 4.79 Å². The van der Waals surface area contributed by atoms with E-state index in [0.29, 0.717) is 10.6 Å². The van der Waals surface area contributed by atoms with E-state index in [-0.39, 0.29) is 11.7 Å². The van der Waals surface area contributed by atoms with Crippen molar-refractivity contribution in [1.29, 1.82) is 0 Å². The molecule has 0 bridgehead atoms. The number of carbonyl (C=O) groups is 1. The summed E-state index contributed by atoms with van der Waals surface area (Å²) < 4.78 is 5.25. The van der Waals surface area contributed by atoms with E-state index in [4.69, 9.17) is 10.5 Å². The van der Waals surface area contributed by atoms with Crippen molar-refractivity contribution in [2.75, 3.05) is 30.8 Å². The molecule has 0 spiro atoms. The fraction of sp³-hybridized carbons (Fsp3) is 0.615. The van der Waals surface area contributed by atoms with E-state index in [1.54, 1.807) is 0 Å². The van der Waals surface area contributed by atoms with Gasteiger partial charge in [-0.25, -0.2) is 0 Å². The number of nitrogens with two attached hydrogens (primary N) is 1. The average Bonchev–Trinajstić information content (AvgIpc) is 2.69. The van der Waals surface area contributed by atoms with E-state index >= 15 is 0 Å². The highest BCUT2D eigenvalue weighted by Crippen LogP contribution is 2.31. The van der Waals surface area contributed by atoms with Crippen molar-refractivity contribution >= 4 is 27.8 Å². The van der Waals surface area contributed by atoms with Gasteiger partial charge in [-0.1, -0.05) is 13.8 Å². The van der Waals surface area contributed by atoms with Gasteiger partial charge in [-0.15, -0.1) is 11.3 Å². The van der Waals surface area contributed by atoms with Crippen molar-refractivity contribution in [1.82, 2.24) is 0 Å². The summed E-state index contributed by atoms with van der Waals surface area (Å²) in [6.07, 6.45) is 0.944. The monoisotopic (exact) mass is 270 g/mol. The Morgan fingerprint density at radius 1 is 1.56 bits per heavy atom. The van der Waals surface area contributed by atoms with Gasteiger partial charge in [0, 0.05) is 25.7 Å². The number of ketones is 1. The Hall–Kier alpha value is -1.07. The Kier molecular flexibility index (Phi) is 6.15. The van der Waals surface area contributed by atoms with E-state index in [0.717, 1.165) is 31.2 Å². The fourth-order valence-corrected chi connectivity index (χ4v) is 2.57. The number of thiophene rings is 1. The van der Waals surface area contributed by atoms with Crippen molar-refractivity contribution in [3.63, 3.8) is 0 Å². The number of hydrogen-bond donors (Lipinski definition) is 2. The molecule has 0 amide bonds. The van der Waals surface area contributed by atoms with Crippen molar-refractivity contribution in [2.45, 2.75) is 27.2 Å². The summed E-state index contributed by atoms with van der Waals surface area (Å²) in [4.78, 5) is 12.5. The summed E-state index contributed by atoms with van der Waals surface area (Å²) in [5.74, 6) is 0.0941. The Labute approximate surface area is 113 Å². The molecule has 18 heavy (non-hydrogen) atoms. The molecule has 4 nitrogen and oxygen atoms in total. The minimum absolute atomic E-state index is 0.0169. The number of hydrogen-bond acceptors (Lipinski definition) is 5. The first kappa shape index (κ1) is 15.0. The number of rotatable bonds is 8. The molecule has 1 rings (SSSR count). The largest absolute Gasteiger partial charge is 0.397 e. The second-order valence-electron chi connectivity index (χ2n) is 4.39. The smallest absolute Gasteiger partial charge is 0.177 e. The normalized spacial score (nSPS) is 10.9. The average molecular weight is 270 g/mol. The van der Waals surface area contributed by atoms with Crippen LogP contribution in [0.4, 0.5) is 10.7 Å². The van der Waals surface area contributed by atoms with Crippen LogP contribution < -0.4 is 11.1 Å². The maximum atomic E-state index is 11.9. The third-order valence-electron chi connectivity index (χ3n) is 2.48. The minimum Gasteiger partial charge on any atom is -0.397 e. The number of anilines is 2. The van der Waals surface area contributed by atoms with Gasteiger partial charge < -0.3 is 15.8 Å². The molecule has 0 aliphatic carbocycles. The molecule has 5 heteroatoms. The zero-order valence-corrected chi connectivity index (χ0v) is 12.1. The molecular weight excluding hydrogens is 248 g/mol. The van der Waals surface area contributed by atoms with Crippen LogP contribution in [0.25, 0.3) is 0 Å². The van der Waals surface area contributed by atoms with Crippen LogP contribution in [-0.2, 0) is 4.74 Å². The lowest BCUT2D eigenvalue weighted by atomic mass is 10.1. The molecule has 0 aliphatic rings. The summed E-state index contributed by atoms with van der Waals surface area (Å²) in [6, 6.07) is 1.83. The summed E-state index contributed by atoms with van der Waals surface area (Å²) in [5, 5.41) is 4.22. The predicted molar refractivity (Wildman–Crippen MR) is 77.5 cm³/mol. The third kappa shape index (κ3) is 4.31. The van der Waals surface area contributed by atoms with Gasteiger partial charge in [0.2, 0.25) is 0 Å². The first-order valence-corrected chi connectivity index (χ1v) is 7.13. The molecule has 0 aromatic carbocycles. The SMILES string of the molecule is CCOCCCNc1cc(N)c(C(=O)C(C)C)s1. The number of carbonyl (C=O) groups excluding carboxylic acids is 1. The van der Waals surface area contributed by atoms with Gasteiger partial charge in [0.25, 0.3) is 0 Å². The Morgan fingerprint density at radius 3 is 2.89 bits per heavy atom. The van der Waals surface area contributed by atoms with Gasteiger partial charge in [-0.05, 0) is 19.4 Å². The van der Waals surface area contributed by atoms with E-state index in [2.05, 4.69) is 5.32 Å². The zero-order chi connectivity index (χ0) is 13.5. The summed E-state index contributed by atoms with van der Waals surface area (Å²) in [7, 11) is 0. The summed E-state index contributed by atoms with van der Waals surface area (Å²) >= 11 is 1.43. The topological polar surface area (TPSA) is 64.3 Å². The molecule has 1 aromatic heterocycles.